The van der Waals surface area contributed by atoms with Crippen LogP contribution in [-0.2, 0) is 25.7 Å². The van der Waals surface area contributed by atoms with Gasteiger partial charge in [0.1, 0.15) is 23.9 Å². The summed E-state index contributed by atoms with van der Waals surface area (Å²) >= 11 is 0. The molecule has 3 aromatic rings. The lowest BCUT2D eigenvalue weighted by atomic mass is 9.69. The van der Waals surface area contributed by atoms with E-state index in [9.17, 15) is 28.8 Å². The van der Waals surface area contributed by atoms with E-state index in [1.54, 1.807) is 24.3 Å². The number of nitrogens with one attached hydrogen (secondary N) is 3. The SMILES string of the molecule is CC1(C)[C@@H]2CC[C@@]1(C)[C@@H](NC(=O)Cn1cccc(NC(=O)[C@H](CCC(=O)C(N)=O)NC(=O)c3cc4ccccc4o3)c1=O)C2. The fourth-order valence-electron chi connectivity index (χ4n) is 6.78. The Morgan fingerprint density at radius 3 is 2.50 bits per heavy atom. The van der Waals surface area contributed by atoms with E-state index in [1.807, 2.05) is 0 Å². The molecule has 0 aliphatic heterocycles. The van der Waals surface area contributed by atoms with E-state index >= 15 is 0 Å². The number of carbonyl (C=O) groups excluding carboxylic acids is 5. The summed E-state index contributed by atoms with van der Waals surface area (Å²) in [6.45, 7) is 6.49. The minimum Gasteiger partial charge on any atom is -0.451 e. The van der Waals surface area contributed by atoms with E-state index in [0.717, 1.165) is 19.3 Å². The van der Waals surface area contributed by atoms with Gasteiger partial charge in [-0.15, -0.1) is 0 Å². The van der Waals surface area contributed by atoms with E-state index < -0.39 is 41.5 Å². The number of furan rings is 1. The zero-order valence-electron chi connectivity index (χ0n) is 25.0. The molecule has 0 unspecified atom stereocenters. The topological polar surface area (TPSA) is 183 Å². The highest BCUT2D eigenvalue weighted by atomic mass is 16.3. The third-order valence-corrected chi connectivity index (χ3v) is 9.93. The highest BCUT2D eigenvalue weighted by molar-refractivity contribution is 6.35. The van der Waals surface area contributed by atoms with Gasteiger partial charge in [0.15, 0.2) is 5.76 Å². The number of benzene rings is 1. The van der Waals surface area contributed by atoms with Crippen molar-refractivity contribution in [3.8, 4) is 0 Å². The minimum atomic E-state index is -1.32. The molecule has 0 radical (unpaired) electrons. The van der Waals surface area contributed by atoms with Crippen LogP contribution in [0.15, 0.2) is 57.9 Å². The molecule has 1 aromatic carbocycles. The number of para-hydroxylation sites is 1. The smallest absolute Gasteiger partial charge is 0.287 e. The fourth-order valence-corrected chi connectivity index (χ4v) is 6.78. The first kappa shape index (κ1) is 30.7. The fraction of sp³-hybridized carbons (Fsp3) is 0.438. The molecule has 2 fully saturated rings. The summed E-state index contributed by atoms with van der Waals surface area (Å²) in [5.74, 6) is -3.44. The van der Waals surface area contributed by atoms with E-state index in [4.69, 9.17) is 10.2 Å². The quantitative estimate of drug-likeness (QED) is 0.243. The lowest BCUT2D eigenvalue weighted by molar-refractivity contribution is -0.136. The predicted molar refractivity (Wildman–Crippen MR) is 161 cm³/mol. The molecule has 0 spiro atoms. The Morgan fingerprint density at radius 1 is 1.09 bits per heavy atom. The number of ketones is 1. The highest BCUT2D eigenvalue weighted by Crippen LogP contribution is 2.65. The van der Waals surface area contributed by atoms with Crippen molar-refractivity contribution in [3.63, 3.8) is 0 Å². The van der Waals surface area contributed by atoms with E-state index in [0.29, 0.717) is 16.9 Å². The highest BCUT2D eigenvalue weighted by Gasteiger charge is 2.61. The second-order valence-electron chi connectivity index (χ2n) is 12.6. The molecule has 2 heterocycles. The first-order chi connectivity index (χ1) is 20.8. The summed E-state index contributed by atoms with van der Waals surface area (Å²) in [4.78, 5) is 75.7. The summed E-state index contributed by atoms with van der Waals surface area (Å²) < 4.78 is 6.77. The number of carbonyl (C=O) groups is 5. The molecule has 12 nitrogen and oxygen atoms in total. The number of aromatic nitrogens is 1. The van der Waals surface area contributed by atoms with Crippen molar-refractivity contribution < 1.29 is 28.4 Å². The van der Waals surface area contributed by atoms with Gasteiger partial charge in [0.25, 0.3) is 17.4 Å². The lowest BCUT2D eigenvalue weighted by Gasteiger charge is -2.39. The molecule has 44 heavy (non-hydrogen) atoms. The van der Waals surface area contributed by atoms with Crippen LogP contribution in [0.3, 0.4) is 0 Å². The molecule has 2 aliphatic carbocycles. The van der Waals surface area contributed by atoms with E-state index in [2.05, 4.69) is 36.7 Å². The van der Waals surface area contributed by atoms with Crippen molar-refractivity contribution in [2.75, 3.05) is 5.32 Å². The Morgan fingerprint density at radius 2 is 1.84 bits per heavy atom. The summed E-state index contributed by atoms with van der Waals surface area (Å²) in [6.07, 6.45) is 3.87. The van der Waals surface area contributed by atoms with Crippen LogP contribution in [0.5, 0.6) is 0 Å². The maximum atomic E-state index is 13.3. The Bertz CT molecular complexity index is 1670. The van der Waals surface area contributed by atoms with Crippen molar-refractivity contribution in [1.29, 1.82) is 0 Å². The largest absolute Gasteiger partial charge is 0.451 e. The van der Waals surface area contributed by atoms with Crippen LogP contribution in [0.25, 0.3) is 11.0 Å². The first-order valence-electron chi connectivity index (χ1n) is 14.7. The van der Waals surface area contributed by atoms with Gasteiger partial charge >= 0.3 is 0 Å². The predicted octanol–water partition coefficient (Wildman–Crippen LogP) is 2.50. The van der Waals surface area contributed by atoms with E-state index in [1.165, 1.54) is 29.0 Å². The molecule has 2 aliphatic rings. The zero-order chi connectivity index (χ0) is 31.8. The summed E-state index contributed by atoms with van der Waals surface area (Å²) in [5.41, 5.74) is 4.87. The molecule has 5 rings (SSSR count). The van der Waals surface area contributed by atoms with Crippen LogP contribution >= 0.6 is 0 Å². The van der Waals surface area contributed by atoms with Gasteiger partial charge in [-0.25, -0.2) is 0 Å². The number of anilines is 1. The zero-order valence-corrected chi connectivity index (χ0v) is 25.0. The van der Waals surface area contributed by atoms with Crippen molar-refractivity contribution in [2.24, 2.45) is 22.5 Å². The number of hydrogen-bond acceptors (Lipinski definition) is 7. The Labute approximate surface area is 253 Å². The van der Waals surface area contributed by atoms with Crippen LogP contribution in [-0.4, -0.2) is 46.1 Å². The van der Waals surface area contributed by atoms with Crippen LogP contribution in [0.1, 0.15) is 63.4 Å². The lowest BCUT2D eigenvalue weighted by Crippen LogP contribution is -2.48. The molecular weight excluding hydrogens is 566 g/mol. The minimum absolute atomic E-state index is 0.0153. The monoisotopic (exact) mass is 603 g/mol. The molecule has 12 heteroatoms. The summed E-state index contributed by atoms with van der Waals surface area (Å²) in [7, 11) is 0. The number of fused-ring (bicyclic) bond motifs is 3. The standard InChI is InChI=1S/C32H37N5O7/c1-31(2)19-12-13-32(31,3)25(16-19)36-26(39)17-37-14-6-8-21(30(37)43)35-28(41)20(10-11-22(38)27(33)40)34-29(42)24-15-18-7-4-5-9-23(18)44-24/h4-9,14-15,19-20,25H,10-13,16-17H2,1-3H3,(H2,33,40)(H,34,42)(H,35,41)(H,36,39)/t19-,20+,25+,32+/m1/s1. The molecule has 2 saturated carbocycles. The van der Waals surface area contributed by atoms with Crippen LogP contribution < -0.4 is 27.2 Å². The Hall–Kier alpha value is -4.74. The number of nitrogens with two attached hydrogens (primary N) is 1. The second-order valence-corrected chi connectivity index (χ2v) is 12.6. The average Bonchev–Trinajstić information content (AvgIpc) is 3.57. The van der Waals surface area contributed by atoms with Crippen LogP contribution in [0.2, 0.25) is 0 Å². The van der Waals surface area contributed by atoms with Crippen molar-refractivity contribution in [3.05, 3.63) is 64.8 Å². The van der Waals surface area contributed by atoms with Crippen LogP contribution in [0, 0.1) is 16.7 Å². The molecule has 4 amide bonds. The molecule has 0 saturated heterocycles. The molecule has 2 bridgehead atoms. The van der Waals surface area contributed by atoms with E-state index in [-0.39, 0.29) is 47.2 Å². The van der Waals surface area contributed by atoms with Gasteiger partial charge in [0.05, 0.1) is 0 Å². The maximum Gasteiger partial charge on any atom is 0.287 e. The second kappa shape index (κ2) is 11.7. The number of pyridine rings is 1. The number of Topliss-reactive ketones (excluding diaryl/α,β-unsaturated/α-hetero) is 1. The number of rotatable bonds is 11. The summed E-state index contributed by atoms with van der Waals surface area (Å²) in [6, 6.07) is 10.1. The summed E-state index contributed by atoms with van der Waals surface area (Å²) in [5, 5.41) is 8.82. The van der Waals surface area contributed by atoms with Gasteiger partial charge in [-0.3, -0.25) is 28.8 Å². The number of amides is 4. The van der Waals surface area contributed by atoms with Crippen LogP contribution in [0.4, 0.5) is 5.69 Å². The van der Waals surface area contributed by atoms with Crippen molar-refractivity contribution >= 4 is 46.1 Å². The van der Waals surface area contributed by atoms with Gasteiger partial charge in [0, 0.05) is 24.0 Å². The van der Waals surface area contributed by atoms with Gasteiger partial charge in [-0.2, -0.15) is 0 Å². The third-order valence-electron chi connectivity index (χ3n) is 9.93. The van der Waals surface area contributed by atoms with Gasteiger partial charge in [-0.1, -0.05) is 39.0 Å². The van der Waals surface area contributed by atoms with Crippen molar-refractivity contribution in [1.82, 2.24) is 15.2 Å². The third kappa shape index (κ3) is 5.76. The molecule has 2 aromatic heterocycles. The Kier molecular flexibility index (Phi) is 8.19. The molecule has 5 N–H and O–H groups in total. The van der Waals surface area contributed by atoms with Crippen molar-refractivity contribution in [2.45, 2.75) is 71.5 Å². The molecule has 4 atom stereocenters. The number of primary amides is 1. The Balaban J connectivity index is 1.28. The normalized spacial score (nSPS) is 22.3. The van der Waals surface area contributed by atoms with Gasteiger partial charge in [0.2, 0.25) is 17.6 Å². The molecular formula is C32H37N5O7. The maximum absolute atomic E-state index is 13.3. The van der Waals surface area contributed by atoms with Gasteiger partial charge < -0.3 is 30.7 Å². The van der Waals surface area contributed by atoms with Gasteiger partial charge in [-0.05, 0) is 66.7 Å². The first-order valence-corrected chi connectivity index (χ1v) is 14.7. The number of hydrogen-bond donors (Lipinski definition) is 4. The average molecular weight is 604 g/mol. The molecule has 232 valence electrons. The number of nitrogens with zero attached hydrogens (tertiary/aromatic N) is 1.